The minimum atomic E-state index is 0.546. The Balaban J connectivity index is 2.18. The standard InChI is InChI=1S/C13H14ClN3S/c1-8-12(15)16-9(2)17-13(8)18-7-10-5-3-4-6-11(10)14/h3-6H,7H2,1-2H3,(H2,15,16,17). The Hall–Kier alpha value is -1.26. The quantitative estimate of drug-likeness (QED) is 0.689. The number of rotatable bonds is 3. The molecule has 0 fully saturated rings. The maximum Gasteiger partial charge on any atom is 0.131 e. The Morgan fingerprint density at radius 2 is 1.94 bits per heavy atom. The lowest BCUT2D eigenvalue weighted by molar-refractivity contribution is 0.946. The minimum Gasteiger partial charge on any atom is -0.383 e. The van der Waals surface area contributed by atoms with E-state index in [1.807, 2.05) is 38.1 Å². The summed E-state index contributed by atoms with van der Waals surface area (Å²) in [6.45, 7) is 3.78. The Kier molecular flexibility index (Phi) is 4.09. The van der Waals surface area contributed by atoms with Crippen molar-refractivity contribution in [1.29, 1.82) is 0 Å². The van der Waals surface area contributed by atoms with Gasteiger partial charge >= 0.3 is 0 Å². The maximum absolute atomic E-state index is 6.12. The zero-order valence-electron chi connectivity index (χ0n) is 10.3. The van der Waals surface area contributed by atoms with Crippen molar-refractivity contribution in [2.24, 2.45) is 0 Å². The highest BCUT2D eigenvalue weighted by Gasteiger charge is 2.08. The van der Waals surface area contributed by atoms with Crippen LogP contribution >= 0.6 is 23.4 Å². The molecule has 94 valence electrons. The second-order valence-corrected chi connectivity index (χ2v) is 5.34. The Bertz CT molecular complexity index is 572. The van der Waals surface area contributed by atoms with Gasteiger partial charge in [0.15, 0.2) is 0 Å². The molecular weight excluding hydrogens is 266 g/mol. The Morgan fingerprint density at radius 3 is 2.67 bits per heavy atom. The molecule has 2 rings (SSSR count). The average molecular weight is 280 g/mol. The number of halogens is 1. The summed E-state index contributed by atoms with van der Waals surface area (Å²) in [5, 5.41) is 1.70. The summed E-state index contributed by atoms with van der Waals surface area (Å²) >= 11 is 7.75. The van der Waals surface area contributed by atoms with E-state index in [-0.39, 0.29) is 0 Å². The Labute approximate surface area is 116 Å². The molecule has 2 aromatic rings. The van der Waals surface area contributed by atoms with Gasteiger partial charge in [-0.3, -0.25) is 0 Å². The zero-order chi connectivity index (χ0) is 13.1. The lowest BCUT2D eigenvalue weighted by atomic mass is 10.2. The van der Waals surface area contributed by atoms with E-state index >= 15 is 0 Å². The van der Waals surface area contributed by atoms with Crippen LogP contribution in [0, 0.1) is 13.8 Å². The largest absolute Gasteiger partial charge is 0.383 e. The van der Waals surface area contributed by atoms with Gasteiger partial charge in [-0.1, -0.05) is 29.8 Å². The number of aryl methyl sites for hydroxylation is 1. The highest BCUT2D eigenvalue weighted by molar-refractivity contribution is 7.98. The number of anilines is 1. The van der Waals surface area contributed by atoms with E-state index in [9.17, 15) is 0 Å². The first-order valence-electron chi connectivity index (χ1n) is 5.55. The summed E-state index contributed by atoms with van der Waals surface area (Å²) in [5.74, 6) is 2.01. The molecule has 0 aliphatic carbocycles. The van der Waals surface area contributed by atoms with Crippen molar-refractivity contribution in [3.63, 3.8) is 0 Å². The molecule has 0 aliphatic heterocycles. The van der Waals surface area contributed by atoms with Crippen LogP contribution < -0.4 is 5.73 Å². The number of nitrogen functional groups attached to an aromatic ring is 1. The zero-order valence-corrected chi connectivity index (χ0v) is 11.8. The maximum atomic E-state index is 6.12. The highest BCUT2D eigenvalue weighted by atomic mass is 35.5. The van der Waals surface area contributed by atoms with Gasteiger partial charge in [0.2, 0.25) is 0 Å². The third kappa shape index (κ3) is 2.94. The van der Waals surface area contributed by atoms with Gasteiger partial charge in [-0.2, -0.15) is 0 Å². The lowest BCUT2D eigenvalue weighted by Gasteiger charge is -2.08. The number of aromatic nitrogens is 2. The van der Waals surface area contributed by atoms with E-state index in [1.54, 1.807) is 11.8 Å². The molecular formula is C13H14ClN3S. The summed E-state index contributed by atoms with van der Waals surface area (Å²) in [4.78, 5) is 8.54. The SMILES string of the molecule is Cc1nc(N)c(C)c(SCc2ccccc2Cl)n1. The van der Waals surface area contributed by atoms with Crippen LogP contribution in [-0.2, 0) is 5.75 Å². The van der Waals surface area contributed by atoms with Crippen molar-refractivity contribution in [3.05, 3.63) is 46.2 Å². The van der Waals surface area contributed by atoms with E-state index in [4.69, 9.17) is 17.3 Å². The van der Waals surface area contributed by atoms with Crippen molar-refractivity contribution >= 4 is 29.2 Å². The van der Waals surface area contributed by atoms with Crippen LogP contribution in [0.2, 0.25) is 5.02 Å². The molecule has 1 heterocycles. The second-order valence-electron chi connectivity index (χ2n) is 3.97. The van der Waals surface area contributed by atoms with Crippen LogP contribution in [-0.4, -0.2) is 9.97 Å². The third-order valence-corrected chi connectivity index (χ3v) is 4.07. The second kappa shape index (κ2) is 5.59. The first kappa shape index (κ1) is 13.2. The summed E-state index contributed by atoms with van der Waals surface area (Å²) < 4.78 is 0. The molecule has 2 N–H and O–H groups in total. The first-order valence-corrected chi connectivity index (χ1v) is 6.91. The molecule has 1 aromatic heterocycles. The number of nitrogens with zero attached hydrogens (tertiary/aromatic N) is 2. The van der Waals surface area contributed by atoms with Gasteiger partial charge < -0.3 is 5.73 Å². The average Bonchev–Trinajstić information content (AvgIpc) is 2.33. The van der Waals surface area contributed by atoms with Gasteiger partial charge in [0, 0.05) is 16.3 Å². The summed E-state index contributed by atoms with van der Waals surface area (Å²) in [5.41, 5.74) is 7.85. The molecule has 0 saturated carbocycles. The monoisotopic (exact) mass is 279 g/mol. The third-order valence-electron chi connectivity index (χ3n) is 2.57. The van der Waals surface area contributed by atoms with Gasteiger partial charge in [0.1, 0.15) is 16.7 Å². The summed E-state index contributed by atoms with van der Waals surface area (Å²) in [6.07, 6.45) is 0. The minimum absolute atomic E-state index is 0.546. The molecule has 0 saturated heterocycles. The normalized spacial score (nSPS) is 10.6. The van der Waals surface area contributed by atoms with Crippen molar-refractivity contribution in [2.45, 2.75) is 24.6 Å². The van der Waals surface area contributed by atoms with Crippen molar-refractivity contribution < 1.29 is 0 Å². The van der Waals surface area contributed by atoms with Crippen molar-refractivity contribution in [3.8, 4) is 0 Å². The fourth-order valence-electron chi connectivity index (χ4n) is 1.53. The van der Waals surface area contributed by atoms with Crippen molar-refractivity contribution in [1.82, 2.24) is 9.97 Å². The predicted octanol–water partition coefficient (Wildman–Crippen LogP) is 3.62. The fourth-order valence-corrected chi connectivity index (χ4v) is 2.87. The van der Waals surface area contributed by atoms with E-state index in [0.29, 0.717) is 11.6 Å². The highest BCUT2D eigenvalue weighted by Crippen LogP contribution is 2.28. The lowest BCUT2D eigenvalue weighted by Crippen LogP contribution is -2.01. The van der Waals surface area contributed by atoms with Crippen LogP contribution in [0.5, 0.6) is 0 Å². The smallest absolute Gasteiger partial charge is 0.131 e. The molecule has 18 heavy (non-hydrogen) atoms. The topological polar surface area (TPSA) is 51.8 Å². The number of hydrogen-bond acceptors (Lipinski definition) is 4. The van der Waals surface area contributed by atoms with E-state index in [0.717, 1.165) is 26.9 Å². The number of thioether (sulfide) groups is 1. The number of benzene rings is 1. The molecule has 0 unspecified atom stereocenters. The van der Waals surface area contributed by atoms with Crippen LogP contribution in [0.15, 0.2) is 29.3 Å². The van der Waals surface area contributed by atoms with E-state index < -0.39 is 0 Å². The van der Waals surface area contributed by atoms with Gasteiger partial charge in [0.05, 0.1) is 0 Å². The molecule has 0 aliphatic rings. The summed E-state index contributed by atoms with van der Waals surface area (Å²) in [6, 6.07) is 7.81. The number of hydrogen-bond donors (Lipinski definition) is 1. The van der Waals surface area contributed by atoms with E-state index in [1.165, 1.54) is 0 Å². The number of nitrogens with two attached hydrogens (primary N) is 1. The van der Waals surface area contributed by atoms with Gasteiger partial charge in [-0.05, 0) is 25.5 Å². The van der Waals surface area contributed by atoms with Gasteiger partial charge in [0.25, 0.3) is 0 Å². The molecule has 0 spiro atoms. The molecule has 5 heteroatoms. The molecule has 1 aromatic carbocycles. The van der Waals surface area contributed by atoms with Crippen LogP contribution in [0.3, 0.4) is 0 Å². The molecule has 0 atom stereocenters. The molecule has 3 nitrogen and oxygen atoms in total. The van der Waals surface area contributed by atoms with Crippen LogP contribution in [0.25, 0.3) is 0 Å². The van der Waals surface area contributed by atoms with Gasteiger partial charge in [-0.25, -0.2) is 9.97 Å². The summed E-state index contributed by atoms with van der Waals surface area (Å²) in [7, 11) is 0. The Morgan fingerprint density at radius 1 is 1.22 bits per heavy atom. The molecule has 0 radical (unpaired) electrons. The fraction of sp³-hybridized carbons (Fsp3) is 0.231. The predicted molar refractivity (Wildman–Crippen MR) is 76.9 cm³/mol. The molecule has 0 bridgehead atoms. The van der Waals surface area contributed by atoms with E-state index in [2.05, 4.69) is 9.97 Å². The van der Waals surface area contributed by atoms with Crippen LogP contribution in [0.1, 0.15) is 17.0 Å². The van der Waals surface area contributed by atoms with Crippen LogP contribution in [0.4, 0.5) is 5.82 Å². The molecule has 0 amide bonds. The van der Waals surface area contributed by atoms with Crippen molar-refractivity contribution in [2.75, 3.05) is 5.73 Å². The van der Waals surface area contributed by atoms with Gasteiger partial charge in [-0.15, -0.1) is 11.8 Å². The first-order chi connectivity index (χ1) is 8.58.